The summed E-state index contributed by atoms with van der Waals surface area (Å²) in [6.07, 6.45) is 3.61. The molecule has 3 heterocycles. The van der Waals surface area contributed by atoms with E-state index in [0.29, 0.717) is 10.2 Å². The molecule has 0 saturated heterocycles. The first-order chi connectivity index (χ1) is 13.4. The van der Waals surface area contributed by atoms with Crippen molar-refractivity contribution in [3.8, 4) is 5.69 Å². The van der Waals surface area contributed by atoms with Crippen LogP contribution in [-0.4, -0.2) is 37.1 Å². The Morgan fingerprint density at radius 3 is 2.75 bits per heavy atom. The number of halogens is 1. The predicted molar refractivity (Wildman–Crippen MR) is 119 cm³/mol. The van der Waals surface area contributed by atoms with E-state index in [2.05, 4.69) is 10.1 Å². The predicted octanol–water partition coefficient (Wildman–Crippen LogP) is 4.69. The topological polar surface area (TPSA) is 73.8 Å². The number of amidine groups is 2. The van der Waals surface area contributed by atoms with Gasteiger partial charge in [0.25, 0.3) is 5.91 Å². The second-order valence-corrected chi connectivity index (χ2v) is 8.62. The molecule has 4 rings (SSSR count). The van der Waals surface area contributed by atoms with Gasteiger partial charge in [-0.3, -0.25) is 10.2 Å². The molecular formula is C19H16ClN5OS2. The molecule has 28 heavy (non-hydrogen) atoms. The van der Waals surface area contributed by atoms with Crippen LogP contribution in [0.3, 0.4) is 0 Å². The average molecular weight is 430 g/mol. The molecule has 0 unspecified atom stereocenters. The molecule has 0 saturated carbocycles. The van der Waals surface area contributed by atoms with Gasteiger partial charge in [-0.05, 0) is 61.7 Å². The van der Waals surface area contributed by atoms with Crippen molar-refractivity contribution >= 4 is 62.5 Å². The normalized spacial score (nSPS) is 17.9. The van der Waals surface area contributed by atoms with Gasteiger partial charge in [0.1, 0.15) is 0 Å². The number of hydrazone groups is 1. The third kappa shape index (κ3) is 3.11. The van der Waals surface area contributed by atoms with Crippen LogP contribution in [0.4, 0.5) is 0 Å². The molecule has 1 amide bonds. The minimum Gasteiger partial charge on any atom is -0.316 e. The second-order valence-electron chi connectivity index (χ2n) is 6.20. The lowest BCUT2D eigenvalue weighted by atomic mass is 10.1. The Balaban J connectivity index is 1.78. The first-order valence-corrected chi connectivity index (χ1v) is 10.8. The molecule has 0 aliphatic carbocycles. The molecule has 9 heteroatoms. The Kier molecular flexibility index (Phi) is 4.95. The van der Waals surface area contributed by atoms with Crippen LogP contribution in [0, 0.1) is 19.3 Å². The van der Waals surface area contributed by atoms with Crippen molar-refractivity contribution in [1.29, 1.82) is 5.41 Å². The van der Waals surface area contributed by atoms with Gasteiger partial charge in [0.05, 0.1) is 16.3 Å². The summed E-state index contributed by atoms with van der Waals surface area (Å²) in [4.78, 5) is 16.7. The van der Waals surface area contributed by atoms with E-state index >= 15 is 0 Å². The number of nitrogens with one attached hydrogen (secondary N) is 1. The van der Waals surface area contributed by atoms with E-state index in [9.17, 15) is 4.79 Å². The summed E-state index contributed by atoms with van der Waals surface area (Å²) < 4.78 is 2.80. The van der Waals surface area contributed by atoms with E-state index in [4.69, 9.17) is 17.0 Å². The van der Waals surface area contributed by atoms with Gasteiger partial charge in [-0.25, -0.2) is 0 Å². The number of para-hydroxylation sites is 1. The number of thioether (sulfide) groups is 2. The number of carbonyl (C=O) groups excluding carboxylic acids is 1. The Morgan fingerprint density at radius 2 is 2.04 bits per heavy atom. The van der Waals surface area contributed by atoms with Crippen LogP contribution < -0.4 is 0 Å². The molecule has 0 spiro atoms. The molecular weight excluding hydrogens is 414 g/mol. The number of nitrogens with zero attached hydrogens (tertiary/aromatic N) is 4. The van der Waals surface area contributed by atoms with Gasteiger partial charge >= 0.3 is 0 Å². The zero-order valence-corrected chi connectivity index (χ0v) is 17.7. The van der Waals surface area contributed by atoms with E-state index in [1.807, 2.05) is 55.0 Å². The van der Waals surface area contributed by atoms with Crippen LogP contribution in [-0.2, 0) is 4.79 Å². The number of aromatic nitrogens is 1. The summed E-state index contributed by atoms with van der Waals surface area (Å²) in [5.74, 6) is -0.391. The summed E-state index contributed by atoms with van der Waals surface area (Å²) in [5.41, 5.74) is 3.84. The molecule has 6 nitrogen and oxygen atoms in total. The molecule has 0 fully saturated rings. The van der Waals surface area contributed by atoms with Gasteiger partial charge in [0, 0.05) is 11.4 Å². The van der Waals surface area contributed by atoms with Crippen molar-refractivity contribution in [2.24, 2.45) is 10.1 Å². The van der Waals surface area contributed by atoms with E-state index in [1.165, 1.54) is 28.5 Å². The van der Waals surface area contributed by atoms with E-state index in [1.54, 1.807) is 6.08 Å². The zero-order chi connectivity index (χ0) is 20.0. The maximum atomic E-state index is 12.6. The summed E-state index contributed by atoms with van der Waals surface area (Å²) in [7, 11) is 0. The number of hydrogen-bond donors (Lipinski definition) is 1. The fourth-order valence-electron chi connectivity index (χ4n) is 3.15. The number of rotatable bonds is 2. The largest absolute Gasteiger partial charge is 0.316 e. The van der Waals surface area contributed by atoms with Crippen LogP contribution in [0.2, 0.25) is 5.02 Å². The molecule has 142 valence electrons. The molecule has 0 bridgehead atoms. The highest BCUT2D eigenvalue weighted by Crippen LogP contribution is 2.32. The van der Waals surface area contributed by atoms with Crippen molar-refractivity contribution in [1.82, 2.24) is 9.58 Å². The Morgan fingerprint density at radius 1 is 1.29 bits per heavy atom. The maximum Gasteiger partial charge on any atom is 0.283 e. The van der Waals surface area contributed by atoms with Crippen molar-refractivity contribution in [3.63, 3.8) is 0 Å². The lowest BCUT2D eigenvalue weighted by Crippen LogP contribution is -2.35. The van der Waals surface area contributed by atoms with Gasteiger partial charge in [-0.2, -0.15) is 10.0 Å². The second kappa shape index (κ2) is 7.27. The number of carbonyl (C=O) groups is 1. The van der Waals surface area contributed by atoms with Crippen molar-refractivity contribution < 1.29 is 4.79 Å². The first kappa shape index (κ1) is 19.0. The summed E-state index contributed by atoms with van der Waals surface area (Å²) >= 11 is 9.13. The standard InChI is InChI=1S/C19H16ClN5OS2/c1-10-8-12(11(2)24(10)15-7-5-4-6-14(15)20)9-13-16(21)25-18(22-17(13)26)28-19(23-25)27-3/h4-9,21H,1-3H3/b13-9-,21-16?. The van der Waals surface area contributed by atoms with Crippen LogP contribution in [0.5, 0.6) is 0 Å². The average Bonchev–Trinajstić information content (AvgIpc) is 3.20. The van der Waals surface area contributed by atoms with Crippen molar-refractivity contribution in [3.05, 3.63) is 57.9 Å². The van der Waals surface area contributed by atoms with Gasteiger partial charge in [0.15, 0.2) is 10.2 Å². The Labute approximate surface area is 175 Å². The maximum absolute atomic E-state index is 12.6. The highest BCUT2D eigenvalue weighted by Gasteiger charge is 2.35. The SMILES string of the molecule is CSC1=NN2C(=N)/C(=C/c3cc(C)n(-c4ccccc4Cl)c3C)C(=O)N=C2S1. The number of benzene rings is 1. The van der Waals surface area contributed by atoms with Crippen LogP contribution in [0.25, 0.3) is 11.8 Å². The molecule has 2 aliphatic heterocycles. The Hall–Kier alpha value is -2.29. The highest BCUT2D eigenvalue weighted by molar-refractivity contribution is 8.45. The molecule has 1 aromatic carbocycles. The molecule has 2 aromatic rings. The molecule has 1 aromatic heterocycles. The van der Waals surface area contributed by atoms with E-state index in [0.717, 1.165) is 27.0 Å². The van der Waals surface area contributed by atoms with Crippen LogP contribution in [0.15, 0.2) is 46.0 Å². The van der Waals surface area contributed by atoms with Gasteiger partial charge in [-0.15, -0.1) is 16.9 Å². The minimum atomic E-state index is -0.427. The molecule has 0 radical (unpaired) electrons. The smallest absolute Gasteiger partial charge is 0.283 e. The van der Waals surface area contributed by atoms with Crippen molar-refractivity contribution in [2.75, 3.05) is 6.26 Å². The summed E-state index contributed by atoms with van der Waals surface area (Å²) in [6, 6.07) is 9.58. The fraction of sp³-hybridized carbons (Fsp3) is 0.158. The van der Waals surface area contributed by atoms with Gasteiger partial charge in [0.2, 0.25) is 5.17 Å². The molecule has 0 atom stereocenters. The zero-order valence-electron chi connectivity index (χ0n) is 15.4. The number of aliphatic imine (C=N–C) groups is 1. The molecule has 2 aliphatic rings. The monoisotopic (exact) mass is 429 g/mol. The first-order valence-electron chi connectivity index (χ1n) is 8.38. The minimum absolute atomic E-state index is 0.0362. The summed E-state index contributed by atoms with van der Waals surface area (Å²) in [5, 5.41) is 15.3. The Bertz CT molecular complexity index is 1120. The highest BCUT2D eigenvalue weighted by atomic mass is 35.5. The van der Waals surface area contributed by atoms with Crippen LogP contribution >= 0.6 is 35.1 Å². The fourth-order valence-corrected chi connectivity index (χ4v) is 4.72. The number of aryl methyl sites for hydroxylation is 1. The van der Waals surface area contributed by atoms with Gasteiger partial charge < -0.3 is 4.57 Å². The number of hydrogen-bond acceptors (Lipinski definition) is 5. The lowest BCUT2D eigenvalue weighted by molar-refractivity contribution is -0.114. The third-order valence-electron chi connectivity index (χ3n) is 4.47. The lowest BCUT2D eigenvalue weighted by Gasteiger charge is -2.20. The van der Waals surface area contributed by atoms with Crippen molar-refractivity contribution in [2.45, 2.75) is 13.8 Å². The van der Waals surface area contributed by atoms with E-state index < -0.39 is 5.91 Å². The number of amides is 1. The summed E-state index contributed by atoms with van der Waals surface area (Å²) in [6.45, 7) is 3.94. The molecule has 1 N–H and O–H groups in total. The van der Waals surface area contributed by atoms with E-state index in [-0.39, 0.29) is 11.4 Å². The third-order valence-corrected chi connectivity index (χ3v) is 6.68. The van der Waals surface area contributed by atoms with Gasteiger partial charge in [-0.1, -0.05) is 23.7 Å². The quantitative estimate of drug-likeness (QED) is 0.703. The number of fused-ring (bicyclic) bond motifs is 1. The van der Waals surface area contributed by atoms with Crippen LogP contribution in [0.1, 0.15) is 17.0 Å².